The molecule has 0 aliphatic carbocycles. The first-order valence-corrected chi connectivity index (χ1v) is 9.75. The maximum absolute atomic E-state index is 14.3. The fraction of sp³-hybridized carbons (Fsp3) is 0.409. The molecule has 0 radical (unpaired) electrons. The standard InChI is InChI=1S/C22H26F2N2O5/c1-11(2)18(15-7-6-14(23)10-16(15)24)13(4)31-22(29)12(3)26-21(28)19-20(27)17(30-5)8-9-25-19/h6-13,18,27H,1-5H3,(H,26,28)/t12-,13?,18+/m0/s1. The van der Waals surface area contributed by atoms with E-state index in [1.807, 2.05) is 13.8 Å². The Morgan fingerprint density at radius 1 is 1.13 bits per heavy atom. The zero-order valence-electron chi connectivity index (χ0n) is 18.0. The van der Waals surface area contributed by atoms with Crippen LogP contribution >= 0.6 is 0 Å². The number of carbonyl (C=O) groups is 2. The van der Waals surface area contributed by atoms with Crippen LogP contribution in [0.15, 0.2) is 30.5 Å². The van der Waals surface area contributed by atoms with Crippen LogP contribution in [0.1, 0.15) is 49.7 Å². The van der Waals surface area contributed by atoms with E-state index in [-0.39, 0.29) is 22.9 Å². The minimum atomic E-state index is -1.08. The zero-order chi connectivity index (χ0) is 23.3. The van der Waals surface area contributed by atoms with Gasteiger partial charge in [0.25, 0.3) is 5.91 Å². The molecule has 1 unspecified atom stereocenters. The molecule has 1 aromatic heterocycles. The van der Waals surface area contributed by atoms with E-state index in [0.29, 0.717) is 0 Å². The van der Waals surface area contributed by atoms with E-state index in [2.05, 4.69) is 10.3 Å². The molecule has 0 spiro atoms. The molecule has 0 bridgehead atoms. The molecule has 0 saturated carbocycles. The molecule has 0 aliphatic rings. The Labute approximate surface area is 179 Å². The Morgan fingerprint density at radius 2 is 1.81 bits per heavy atom. The molecule has 1 heterocycles. The largest absolute Gasteiger partial charge is 0.503 e. The number of amides is 1. The van der Waals surface area contributed by atoms with Crippen molar-refractivity contribution in [1.29, 1.82) is 0 Å². The number of methoxy groups -OCH3 is 1. The summed E-state index contributed by atoms with van der Waals surface area (Å²) in [4.78, 5) is 28.7. The number of halogens is 2. The fourth-order valence-electron chi connectivity index (χ4n) is 3.38. The summed E-state index contributed by atoms with van der Waals surface area (Å²) in [6.45, 7) is 6.68. The lowest BCUT2D eigenvalue weighted by Crippen LogP contribution is -2.42. The van der Waals surface area contributed by atoms with Crippen LogP contribution < -0.4 is 10.1 Å². The summed E-state index contributed by atoms with van der Waals surface area (Å²) in [6, 6.07) is 3.58. The quantitative estimate of drug-likeness (QED) is 0.614. The summed E-state index contributed by atoms with van der Waals surface area (Å²) >= 11 is 0. The van der Waals surface area contributed by atoms with Gasteiger partial charge in [-0.25, -0.2) is 18.6 Å². The lowest BCUT2D eigenvalue weighted by molar-refractivity contribution is -0.151. The summed E-state index contributed by atoms with van der Waals surface area (Å²) in [5.74, 6) is -4.01. The van der Waals surface area contributed by atoms with E-state index in [9.17, 15) is 23.5 Å². The van der Waals surface area contributed by atoms with Crippen LogP contribution in [0.5, 0.6) is 11.5 Å². The molecule has 1 aromatic carbocycles. The minimum Gasteiger partial charge on any atom is -0.503 e. The molecule has 1 amide bonds. The van der Waals surface area contributed by atoms with Crippen LogP contribution in [0.25, 0.3) is 0 Å². The predicted molar refractivity (Wildman–Crippen MR) is 109 cm³/mol. The lowest BCUT2D eigenvalue weighted by atomic mass is 9.84. The van der Waals surface area contributed by atoms with Crippen molar-refractivity contribution in [2.75, 3.05) is 7.11 Å². The first kappa shape index (κ1) is 24.0. The van der Waals surface area contributed by atoms with Crippen molar-refractivity contribution in [3.05, 3.63) is 53.4 Å². The van der Waals surface area contributed by atoms with Crippen molar-refractivity contribution in [3.63, 3.8) is 0 Å². The normalized spacial score (nSPS) is 13.9. The molecular formula is C22H26F2N2O5. The minimum absolute atomic E-state index is 0.0603. The van der Waals surface area contributed by atoms with Gasteiger partial charge in [0.15, 0.2) is 17.2 Å². The fourth-order valence-corrected chi connectivity index (χ4v) is 3.38. The number of hydrogen-bond acceptors (Lipinski definition) is 6. The summed E-state index contributed by atoms with van der Waals surface area (Å²) < 4.78 is 38.0. The first-order chi connectivity index (χ1) is 14.6. The average molecular weight is 436 g/mol. The van der Waals surface area contributed by atoms with Crippen LogP contribution in [0.3, 0.4) is 0 Å². The lowest BCUT2D eigenvalue weighted by Gasteiger charge is -2.29. The molecular weight excluding hydrogens is 410 g/mol. The maximum atomic E-state index is 14.3. The molecule has 0 saturated heterocycles. The molecule has 3 atom stereocenters. The first-order valence-electron chi connectivity index (χ1n) is 9.75. The van der Waals surface area contributed by atoms with E-state index in [4.69, 9.17) is 9.47 Å². The topological polar surface area (TPSA) is 97.8 Å². The van der Waals surface area contributed by atoms with Crippen LogP contribution in [0.4, 0.5) is 8.78 Å². The summed E-state index contributed by atoms with van der Waals surface area (Å²) in [5.41, 5.74) is -0.0700. The highest BCUT2D eigenvalue weighted by molar-refractivity contribution is 5.97. The molecule has 31 heavy (non-hydrogen) atoms. The predicted octanol–water partition coefficient (Wildman–Crippen LogP) is 3.56. The number of rotatable bonds is 8. The summed E-state index contributed by atoms with van der Waals surface area (Å²) in [7, 11) is 1.33. The van der Waals surface area contributed by atoms with Crippen molar-refractivity contribution in [1.82, 2.24) is 10.3 Å². The molecule has 2 N–H and O–H groups in total. The molecule has 9 heteroatoms. The zero-order valence-corrected chi connectivity index (χ0v) is 18.0. The number of pyridine rings is 1. The van der Waals surface area contributed by atoms with Crippen molar-refractivity contribution in [2.45, 2.75) is 45.8 Å². The third-order valence-corrected chi connectivity index (χ3v) is 4.87. The Hall–Kier alpha value is -3.23. The summed E-state index contributed by atoms with van der Waals surface area (Å²) in [6.07, 6.45) is 0.526. The van der Waals surface area contributed by atoms with Gasteiger partial charge >= 0.3 is 5.97 Å². The number of aromatic nitrogens is 1. The van der Waals surface area contributed by atoms with Crippen molar-refractivity contribution in [2.24, 2.45) is 5.92 Å². The van der Waals surface area contributed by atoms with Gasteiger partial charge in [-0.05, 0) is 31.4 Å². The molecule has 7 nitrogen and oxygen atoms in total. The van der Waals surface area contributed by atoms with Crippen LogP contribution in [-0.4, -0.2) is 41.2 Å². The highest BCUT2D eigenvalue weighted by Gasteiger charge is 2.30. The van der Waals surface area contributed by atoms with Gasteiger partial charge in [0.05, 0.1) is 7.11 Å². The van der Waals surface area contributed by atoms with E-state index in [0.717, 1.165) is 12.1 Å². The molecule has 0 aliphatic heterocycles. The van der Waals surface area contributed by atoms with Crippen molar-refractivity contribution >= 4 is 11.9 Å². The van der Waals surface area contributed by atoms with E-state index >= 15 is 0 Å². The second-order valence-electron chi connectivity index (χ2n) is 7.48. The van der Waals surface area contributed by atoms with Gasteiger partial charge in [-0.2, -0.15) is 0 Å². The van der Waals surface area contributed by atoms with Crippen LogP contribution in [0, 0.1) is 17.6 Å². The smallest absolute Gasteiger partial charge is 0.328 e. The average Bonchev–Trinajstić information content (AvgIpc) is 2.69. The molecule has 2 rings (SSSR count). The van der Waals surface area contributed by atoms with Crippen LogP contribution in [-0.2, 0) is 9.53 Å². The third-order valence-electron chi connectivity index (χ3n) is 4.87. The van der Waals surface area contributed by atoms with E-state index in [1.165, 1.54) is 32.4 Å². The number of carbonyl (C=O) groups excluding carboxylic acids is 2. The van der Waals surface area contributed by atoms with Crippen LogP contribution in [0.2, 0.25) is 0 Å². The van der Waals surface area contributed by atoms with Crippen molar-refractivity contribution in [3.8, 4) is 11.5 Å². The van der Waals surface area contributed by atoms with Crippen molar-refractivity contribution < 1.29 is 33.0 Å². The van der Waals surface area contributed by atoms with Gasteiger partial charge < -0.3 is 19.9 Å². The highest BCUT2D eigenvalue weighted by atomic mass is 19.1. The van der Waals surface area contributed by atoms with Gasteiger partial charge in [0, 0.05) is 24.2 Å². The third kappa shape index (κ3) is 5.68. The second kappa shape index (κ2) is 10.2. The number of hydrogen-bond donors (Lipinski definition) is 2. The SMILES string of the molecule is COc1ccnc(C(=O)N[C@@H](C)C(=O)OC(C)[C@H](c2ccc(F)cc2F)C(C)C)c1O. The Morgan fingerprint density at radius 3 is 2.39 bits per heavy atom. The molecule has 168 valence electrons. The van der Waals surface area contributed by atoms with Gasteiger partial charge in [-0.1, -0.05) is 19.9 Å². The molecule has 0 fully saturated rings. The van der Waals surface area contributed by atoms with Gasteiger partial charge in [0.1, 0.15) is 23.8 Å². The number of nitrogens with one attached hydrogen (secondary N) is 1. The van der Waals surface area contributed by atoms with E-state index < -0.39 is 47.3 Å². The summed E-state index contributed by atoms with van der Waals surface area (Å²) in [5, 5.41) is 12.4. The van der Waals surface area contributed by atoms with Gasteiger partial charge in [-0.15, -0.1) is 0 Å². The number of benzene rings is 1. The number of nitrogens with zero attached hydrogens (tertiary/aromatic N) is 1. The number of esters is 1. The highest BCUT2D eigenvalue weighted by Crippen LogP contribution is 2.32. The monoisotopic (exact) mass is 436 g/mol. The Kier molecular flexibility index (Phi) is 7.90. The number of ether oxygens (including phenoxy) is 2. The number of aromatic hydroxyl groups is 1. The Balaban J connectivity index is 2.11. The second-order valence-corrected chi connectivity index (χ2v) is 7.48. The molecule has 2 aromatic rings. The van der Waals surface area contributed by atoms with Gasteiger partial charge in [-0.3, -0.25) is 4.79 Å². The van der Waals surface area contributed by atoms with E-state index in [1.54, 1.807) is 6.92 Å². The maximum Gasteiger partial charge on any atom is 0.328 e. The Bertz CT molecular complexity index is 951. The van der Waals surface area contributed by atoms with Gasteiger partial charge in [0.2, 0.25) is 0 Å².